The highest BCUT2D eigenvalue weighted by Gasteiger charge is 2.30. The average Bonchev–Trinajstić information content (AvgIpc) is 3.09. The maximum atomic E-state index is 5.55. The monoisotopic (exact) mass is 382 g/mol. The van der Waals surface area contributed by atoms with Crippen LogP contribution in [0, 0.1) is 0 Å². The van der Waals surface area contributed by atoms with Gasteiger partial charge in [0.25, 0.3) is 0 Å². The molecule has 2 aromatic carbocycles. The second kappa shape index (κ2) is 7.28. The van der Waals surface area contributed by atoms with E-state index in [9.17, 15) is 0 Å². The lowest BCUT2D eigenvalue weighted by atomic mass is 9.90. The van der Waals surface area contributed by atoms with Crippen molar-refractivity contribution in [2.75, 3.05) is 28.4 Å². The fraction of sp³-hybridized carbons (Fsp3) is 0.364. The molecule has 0 amide bonds. The molecule has 0 radical (unpaired) electrons. The number of fused-ring (bicyclic) bond motifs is 3. The fourth-order valence-corrected chi connectivity index (χ4v) is 4.10. The Labute approximate surface area is 164 Å². The molecule has 0 spiro atoms. The smallest absolute Gasteiger partial charge is 0.203 e. The van der Waals surface area contributed by atoms with Crippen LogP contribution in [0.4, 0.5) is 0 Å². The molecule has 0 aliphatic carbocycles. The van der Waals surface area contributed by atoms with Crippen molar-refractivity contribution in [2.45, 2.75) is 25.4 Å². The molecule has 2 unspecified atom stereocenters. The Morgan fingerprint density at radius 3 is 2.21 bits per heavy atom. The summed E-state index contributed by atoms with van der Waals surface area (Å²) in [4.78, 5) is 3.61. The van der Waals surface area contributed by atoms with Gasteiger partial charge in [-0.3, -0.25) is 0 Å². The Morgan fingerprint density at radius 2 is 1.61 bits per heavy atom. The number of aromatic nitrogens is 1. The molecule has 2 heterocycles. The van der Waals surface area contributed by atoms with Gasteiger partial charge in [-0.1, -0.05) is 0 Å². The highest BCUT2D eigenvalue weighted by Crippen LogP contribution is 2.43. The summed E-state index contributed by atoms with van der Waals surface area (Å²) in [6.07, 6.45) is 0.948. The molecule has 0 saturated carbocycles. The molecule has 2 N–H and O–H groups in total. The van der Waals surface area contributed by atoms with Gasteiger partial charge in [-0.25, -0.2) is 0 Å². The average molecular weight is 382 g/mol. The molecule has 1 aromatic heterocycles. The van der Waals surface area contributed by atoms with E-state index in [1.165, 1.54) is 10.9 Å². The number of nitrogens with one attached hydrogen (secondary N) is 2. The maximum Gasteiger partial charge on any atom is 0.203 e. The summed E-state index contributed by atoms with van der Waals surface area (Å²) < 4.78 is 22.0. The largest absolute Gasteiger partial charge is 0.497 e. The zero-order valence-electron chi connectivity index (χ0n) is 16.9. The van der Waals surface area contributed by atoms with Gasteiger partial charge >= 0.3 is 0 Å². The van der Waals surface area contributed by atoms with Gasteiger partial charge in [0, 0.05) is 22.6 Å². The molecule has 3 aromatic rings. The van der Waals surface area contributed by atoms with Crippen molar-refractivity contribution in [3.63, 3.8) is 0 Å². The van der Waals surface area contributed by atoms with E-state index in [0.29, 0.717) is 23.3 Å². The number of benzene rings is 2. The van der Waals surface area contributed by atoms with Gasteiger partial charge in [-0.2, -0.15) is 0 Å². The fourth-order valence-electron chi connectivity index (χ4n) is 4.10. The third-order valence-electron chi connectivity index (χ3n) is 5.42. The van der Waals surface area contributed by atoms with Gasteiger partial charge < -0.3 is 29.2 Å². The van der Waals surface area contributed by atoms with Gasteiger partial charge in [0.15, 0.2) is 11.5 Å². The van der Waals surface area contributed by atoms with E-state index in [-0.39, 0.29) is 6.04 Å². The first kappa shape index (κ1) is 18.5. The van der Waals surface area contributed by atoms with Crippen LogP contribution in [0.3, 0.4) is 0 Å². The second-order valence-electron chi connectivity index (χ2n) is 7.09. The molecule has 2 atom stereocenters. The van der Waals surface area contributed by atoms with Crippen LogP contribution in [0.25, 0.3) is 10.9 Å². The summed E-state index contributed by atoms with van der Waals surface area (Å²) in [5.74, 6) is 2.76. The van der Waals surface area contributed by atoms with E-state index in [2.05, 4.69) is 29.4 Å². The molecule has 148 valence electrons. The highest BCUT2D eigenvalue weighted by atomic mass is 16.5. The van der Waals surface area contributed by atoms with Crippen molar-refractivity contribution >= 4 is 10.9 Å². The molecule has 1 aliphatic heterocycles. The summed E-state index contributed by atoms with van der Waals surface area (Å²) >= 11 is 0. The number of hydrogen-bond acceptors (Lipinski definition) is 5. The van der Waals surface area contributed by atoms with E-state index >= 15 is 0 Å². The van der Waals surface area contributed by atoms with Crippen molar-refractivity contribution in [2.24, 2.45) is 0 Å². The second-order valence-corrected chi connectivity index (χ2v) is 7.09. The third kappa shape index (κ3) is 2.94. The van der Waals surface area contributed by atoms with Crippen LogP contribution in [-0.2, 0) is 6.42 Å². The van der Waals surface area contributed by atoms with Crippen LogP contribution < -0.4 is 24.3 Å². The van der Waals surface area contributed by atoms with Crippen molar-refractivity contribution in [3.8, 4) is 23.0 Å². The molecule has 0 fully saturated rings. The molecule has 6 nitrogen and oxygen atoms in total. The molecule has 4 rings (SSSR count). The van der Waals surface area contributed by atoms with E-state index in [0.717, 1.165) is 28.9 Å². The van der Waals surface area contributed by atoms with E-state index < -0.39 is 0 Å². The number of rotatable bonds is 5. The molecular weight excluding hydrogens is 356 g/mol. The zero-order valence-corrected chi connectivity index (χ0v) is 16.9. The predicted molar refractivity (Wildman–Crippen MR) is 109 cm³/mol. The van der Waals surface area contributed by atoms with Crippen LogP contribution in [0.2, 0.25) is 0 Å². The number of methoxy groups -OCH3 is 4. The SMILES string of the molecule is COc1ccc2[nH]c3c(c2c1)CC(C)NC3c1cc(OC)c(OC)c(OC)c1. The third-order valence-corrected chi connectivity index (χ3v) is 5.42. The van der Waals surface area contributed by atoms with Gasteiger partial charge in [0.1, 0.15) is 5.75 Å². The van der Waals surface area contributed by atoms with E-state index in [1.54, 1.807) is 28.4 Å². The number of aromatic amines is 1. The molecule has 1 aliphatic rings. The van der Waals surface area contributed by atoms with Crippen LogP contribution in [0.1, 0.15) is 29.8 Å². The maximum absolute atomic E-state index is 5.55. The summed E-state index contributed by atoms with van der Waals surface area (Å²) in [6, 6.07) is 10.5. The summed E-state index contributed by atoms with van der Waals surface area (Å²) in [7, 11) is 6.59. The lowest BCUT2D eigenvalue weighted by Gasteiger charge is -2.30. The predicted octanol–water partition coefficient (Wildman–Crippen LogP) is 3.83. The van der Waals surface area contributed by atoms with E-state index in [1.807, 2.05) is 18.2 Å². The molecule has 0 saturated heterocycles. The van der Waals surface area contributed by atoms with Crippen LogP contribution >= 0.6 is 0 Å². The first-order valence-corrected chi connectivity index (χ1v) is 9.34. The normalized spacial score (nSPS) is 18.6. The molecule has 28 heavy (non-hydrogen) atoms. The lowest BCUT2D eigenvalue weighted by molar-refractivity contribution is 0.322. The number of H-pyrrole nitrogens is 1. The van der Waals surface area contributed by atoms with Crippen molar-refractivity contribution in [1.82, 2.24) is 10.3 Å². The quantitative estimate of drug-likeness (QED) is 0.702. The van der Waals surface area contributed by atoms with Crippen molar-refractivity contribution in [1.29, 1.82) is 0 Å². The minimum absolute atomic E-state index is 0.00847. The summed E-state index contributed by atoms with van der Waals surface area (Å²) in [5, 5.41) is 4.91. The Balaban J connectivity index is 1.88. The number of ether oxygens (including phenoxy) is 4. The van der Waals surface area contributed by atoms with Gasteiger partial charge in [-0.15, -0.1) is 0 Å². The molecular formula is C22H26N2O4. The van der Waals surface area contributed by atoms with Crippen LogP contribution in [-0.4, -0.2) is 39.5 Å². The van der Waals surface area contributed by atoms with Gasteiger partial charge in [-0.05, 0) is 54.8 Å². The molecule has 0 bridgehead atoms. The summed E-state index contributed by atoms with van der Waals surface area (Å²) in [6.45, 7) is 2.20. The molecule has 6 heteroatoms. The Bertz CT molecular complexity index is 986. The highest BCUT2D eigenvalue weighted by molar-refractivity contribution is 5.87. The van der Waals surface area contributed by atoms with Gasteiger partial charge in [0.2, 0.25) is 5.75 Å². The van der Waals surface area contributed by atoms with E-state index in [4.69, 9.17) is 18.9 Å². The van der Waals surface area contributed by atoms with Crippen molar-refractivity contribution in [3.05, 3.63) is 47.2 Å². The number of hydrogen-bond donors (Lipinski definition) is 2. The topological polar surface area (TPSA) is 64.7 Å². The van der Waals surface area contributed by atoms with Crippen molar-refractivity contribution < 1.29 is 18.9 Å². The first-order chi connectivity index (χ1) is 13.6. The Kier molecular flexibility index (Phi) is 4.81. The Morgan fingerprint density at radius 1 is 0.893 bits per heavy atom. The zero-order chi connectivity index (χ0) is 19.8. The summed E-state index contributed by atoms with van der Waals surface area (Å²) in [5.41, 5.74) is 4.65. The minimum Gasteiger partial charge on any atom is -0.497 e. The van der Waals surface area contributed by atoms with Crippen LogP contribution in [0.15, 0.2) is 30.3 Å². The van der Waals surface area contributed by atoms with Crippen LogP contribution in [0.5, 0.6) is 23.0 Å². The minimum atomic E-state index is -0.00847. The first-order valence-electron chi connectivity index (χ1n) is 9.34. The lowest BCUT2D eigenvalue weighted by Crippen LogP contribution is -2.37. The Hall–Kier alpha value is -2.86. The standard InChI is InChI=1S/C22H26N2O4/c1-12-8-16-15-11-14(25-2)6-7-17(15)24-21(16)20(23-12)13-9-18(26-3)22(28-5)19(10-13)27-4/h6-7,9-12,20,23-24H,8H2,1-5H3. The van der Waals surface area contributed by atoms with Gasteiger partial charge in [0.05, 0.1) is 34.5 Å².